The first kappa shape index (κ1) is 19.8. The SMILES string of the molecule is Cc1nc(-c2nnc(C3=CCC(C(C)(C)C)C=C3)o2)nn1Cc1cccc(Br)c1. The van der Waals surface area contributed by atoms with E-state index < -0.39 is 0 Å². The highest BCUT2D eigenvalue weighted by molar-refractivity contribution is 9.10. The first-order valence-electron chi connectivity index (χ1n) is 9.68. The van der Waals surface area contributed by atoms with Gasteiger partial charge in [0.1, 0.15) is 5.82 Å². The summed E-state index contributed by atoms with van der Waals surface area (Å²) in [4.78, 5) is 4.51. The molecule has 6 nitrogen and oxygen atoms in total. The molecule has 0 radical (unpaired) electrons. The van der Waals surface area contributed by atoms with Gasteiger partial charge >= 0.3 is 0 Å². The average Bonchev–Trinajstić information content (AvgIpc) is 3.29. The van der Waals surface area contributed by atoms with Crippen molar-refractivity contribution < 1.29 is 4.42 Å². The van der Waals surface area contributed by atoms with Gasteiger partial charge in [-0.05, 0) is 42.4 Å². The van der Waals surface area contributed by atoms with E-state index in [9.17, 15) is 0 Å². The lowest BCUT2D eigenvalue weighted by Crippen LogP contribution is -2.19. The van der Waals surface area contributed by atoms with Crippen LogP contribution in [0, 0.1) is 18.3 Å². The molecule has 2 heterocycles. The molecule has 0 amide bonds. The van der Waals surface area contributed by atoms with Crippen LogP contribution in [0.1, 0.15) is 44.5 Å². The minimum Gasteiger partial charge on any atom is -0.413 e. The van der Waals surface area contributed by atoms with Crippen molar-refractivity contribution >= 4 is 21.5 Å². The predicted molar refractivity (Wildman–Crippen MR) is 116 cm³/mol. The molecule has 0 spiro atoms. The maximum absolute atomic E-state index is 5.88. The molecule has 0 saturated carbocycles. The average molecular weight is 454 g/mol. The van der Waals surface area contributed by atoms with E-state index in [0.717, 1.165) is 27.9 Å². The smallest absolute Gasteiger partial charge is 0.287 e. The number of allylic oxidation sites excluding steroid dienone is 4. The predicted octanol–water partition coefficient (Wildman–Crippen LogP) is 5.45. The fraction of sp³-hybridized carbons (Fsp3) is 0.364. The Morgan fingerprint density at radius 1 is 1.21 bits per heavy atom. The minimum absolute atomic E-state index is 0.237. The van der Waals surface area contributed by atoms with Crippen LogP contribution in [0.4, 0.5) is 0 Å². The van der Waals surface area contributed by atoms with Crippen LogP contribution < -0.4 is 0 Å². The number of hydrogen-bond donors (Lipinski definition) is 0. The number of nitrogens with zero attached hydrogens (tertiary/aromatic N) is 5. The van der Waals surface area contributed by atoms with E-state index in [-0.39, 0.29) is 5.41 Å². The van der Waals surface area contributed by atoms with Crippen molar-refractivity contribution in [2.24, 2.45) is 11.3 Å². The second-order valence-electron chi connectivity index (χ2n) is 8.41. The first-order valence-corrected chi connectivity index (χ1v) is 10.5. The van der Waals surface area contributed by atoms with Gasteiger partial charge in [-0.3, -0.25) is 0 Å². The van der Waals surface area contributed by atoms with Gasteiger partial charge in [0, 0.05) is 10.0 Å². The van der Waals surface area contributed by atoms with Gasteiger partial charge in [0.15, 0.2) is 0 Å². The molecule has 1 aliphatic rings. The molecule has 2 aromatic heterocycles. The summed E-state index contributed by atoms with van der Waals surface area (Å²) in [6.45, 7) is 9.31. The van der Waals surface area contributed by atoms with Gasteiger partial charge in [-0.2, -0.15) is 0 Å². The summed E-state index contributed by atoms with van der Waals surface area (Å²) < 4.78 is 8.76. The molecule has 3 aromatic rings. The Morgan fingerprint density at radius 3 is 2.69 bits per heavy atom. The molecular weight excluding hydrogens is 430 g/mol. The summed E-state index contributed by atoms with van der Waals surface area (Å²) >= 11 is 3.50. The molecule has 29 heavy (non-hydrogen) atoms. The Morgan fingerprint density at radius 2 is 2.00 bits per heavy atom. The lowest BCUT2D eigenvalue weighted by atomic mass is 9.76. The lowest BCUT2D eigenvalue weighted by Gasteiger charge is -2.29. The fourth-order valence-corrected chi connectivity index (χ4v) is 3.77. The summed E-state index contributed by atoms with van der Waals surface area (Å²) in [5.74, 6) is 2.59. The van der Waals surface area contributed by atoms with Crippen LogP contribution in [0.25, 0.3) is 17.3 Å². The van der Waals surface area contributed by atoms with Gasteiger partial charge in [0.05, 0.1) is 6.54 Å². The first-order chi connectivity index (χ1) is 13.8. The van der Waals surface area contributed by atoms with Gasteiger partial charge in [0.2, 0.25) is 11.7 Å². The van der Waals surface area contributed by atoms with Crippen LogP contribution in [0.2, 0.25) is 0 Å². The highest BCUT2D eigenvalue weighted by Crippen LogP contribution is 2.35. The minimum atomic E-state index is 0.237. The Bertz CT molecular complexity index is 1090. The van der Waals surface area contributed by atoms with Crippen molar-refractivity contribution in [2.45, 2.75) is 40.7 Å². The second-order valence-corrected chi connectivity index (χ2v) is 9.33. The maximum atomic E-state index is 5.88. The zero-order chi connectivity index (χ0) is 20.6. The molecule has 0 N–H and O–H groups in total. The van der Waals surface area contributed by atoms with E-state index in [1.54, 1.807) is 0 Å². The third kappa shape index (κ3) is 4.40. The number of aryl methyl sites for hydroxylation is 1. The normalized spacial score (nSPS) is 16.9. The quantitative estimate of drug-likeness (QED) is 0.524. The number of benzene rings is 1. The molecule has 1 aliphatic carbocycles. The zero-order valence-electron chi connectivity index (χ0n) is 17.1. The second kappa shape index (κ2) is 7.71. The largest absolute Gasteiger partial charge is 0.413 e. The van der Waals surface area contributed by atoms with Crippen LogP contribution in [0.3, 0.4) is 0 Å². The maximum Gasteiger partial charge on any atom is 0.287 e. The third-order valence-electron chi connectivity index (χ3n) is 5.15. The van der Waals surface area contributed by atoms with Crippen molar-refractivity contribution in [1.82, 2.24) is 25.0 Å². The molecule has 0 bridgehead atoms. The topological polar surface area (TPSA) is 69.6 Å². The standard InChI is InChI=1S/C22H24BrN5O/c1-14-24-19(27-28(14)13-15-6-5-7-18(23)12-15)21-26-25-20(29-21)16-8-10-17(11-9-16)22(2,3)4/h5-10,12,17H,11,13H2,1-4H3. The molecule has 150 valence electrons. The summed E-state index contributed by atoms with van der Waals surface area (Å²) in [7, 11) is 0. The van der Waals surface area contributed by atoms with Gasteiger partial charge in [0.25, 0.3) is 5.89 Å². The summed E-state index contributed by atoms with van der Waals surface area (Å²) in [6.07, 6.45) is 7.43. The van der Waals surface area contributed by atoms with Crippen LogP contribution in [0.15, 0.2) is 51.4 Å². The van der Waals surface area contributed by atoms with Crippen LogP contribution in [-0.4, -0.2) is 25.0 Å². The Hall–Kier alpha value is -2.54. The summed E-state index contributed by atoms with van der Waals surface area (Å²) in [5.41, 5.74) is 2.33. The van der Waals surface area contributed by atoms with E-state index >= 15 is 0 Å². The molecule has 1 aromatic carbocycles. The van der Waals surface area contributed by atoms with Gasteiger partial charge in [-0.1, -0.05) is 67.1 Å². The van der Waals surface area contributed by atoms with E-state index in [4.69, 9.17) is 4.42 Å². The van der Waals surface area contributed by atoms with Gasteiger partial charge in [-0.25, -0.2) is 9.67 Å². The molecular formula is C22H24BrN5O. The van der Waals surface area contributed by atoms with Crippen molar-refractivity contribution in [3.8, 4) is 11.7 Å². The van der Waals surface area contributed by atoms with Crippen molar-refractivity contribution in [2.75, 3.05) is 0 Å². The van der Waals surface area contributed by atoms with E-state index in [1.807, 2.05) is 23.7 Å². The van der Waals surface area contributed by atoms with Crippen LogP contribution in [-0.2, 0) is 6.54 Å². The van der Waals surface area contributed by atoms with Crippen molar-refractivity contribution in [1.29, 1.82) is 0 Å². The number of halogens is 1. The molecule has 0 fully saturated rings. The van der Waals surface area contributed by atoms with Crippen molar-refractivity contribution in [3.05, 3.63) is 64.2 Å². The molecule has 7 heteroatoms. The third-order valence-corrected chi connectivity index (χ3v) is 5.65. The summed E-state index contributed by atoms with van der Waals surface area (Å²) in [6, 6.07) is 8.13. The fourth-order valence-electron chi connectivity index (χ4n) is 3.32. The highest BCUT2D eigenvalue weighted by Gasteiger charge is 2.24. The monoisotopic (exact) mass is 453 g/mol. The molecule has 4 rings (SSSR count). The van der Waals surface area contributed by atoms with E-state index in [2.05, 4.69) is 87.3 Å². The summed E-state index contributed by atoms with van der Waals surface area (Å²) in [5, 5.41) is 12.9. The molecule has 0 aliphatic heterocycles. The Balaban J connectivity index is 1.52. The van der Waals surface area contributed by atoms with Crippen molar-refractivity contribution in [3.63, 3.8) is 0 Å². The number of hydrogen-bond acceptors (Lipinski definition) is 5. The Labute approximate surface area is 178 Å². The molecule has 0 saturated heterocycles. The molecule has 1 unspecified atom stereocenters. The Kier molecular flexibility index (Phi) is 5.25. The molecule has 1 atom stereocenters. The zero-order valence-corrected chi connectivity index (χ0v) is 18.6. The van der Waals surface area contributed by atoms with Crippen LogP contribution >= 0.6 is 15.9 Å². The number of rotatable bonds is 4. The lowest BCUT2D eigenvalue weighted by molar-refractivity contribution is 0.294. The van der Waals surface area contributed by atoms with Gasteiger partial charge < -0.3 is 4.42 Å². The van der Waals surface area contributed by atoms with Gasteiger partial charge in [-0.15, -0.1) is 15.3 Å². The number of aromatic nitrogens is 5. The van der Waals surface area contributed by atoms with E-state index in [1.165, 1.54) is 0 Å². The van der Waals surface area contributed by atoms with Crippen LogP contribution in [0.5, 0.6) is 0 Å². The highest BCUT2D eigenvalue weighted by atomic mass is 79.9. The van der Waals surface area contributed by atoms with E-state index in [0.29, 0.717) is 30.1 Å².